The van der Waals surface area contributed by atoms with Crippen LogP contribution in [0.15, 0.2) is 64.8 Å². The van der Waals surface area contributed by atoms with Gasteiger partial charge in [-0.1, -0.05) is 17.7 Å². The molecule has 0 unspecified atom stereocenters. The van der Waals surface area contributed by atoms with Crippen molar-refractivity contribution in [3.8, 4) is 23.2 Å². The first-order valence-corrected chi connectivity index (χ1v) is 7.05. The number of aryl methyl sites for hydroxylation is 1. The summed E-state index contributed by atoms with van der Waals surface area (Å²) in [5, 5.41) is 8.82. The Morgan fingerprint density at radius 1 is 1.22 bits per heavy atom. The lowest BCUT2D eigenvalue weighted by Crippen LogP contribution is -1.94. The van der Waals surface area contributed by atoms with E-state index in [0.29, 0.717) is 11.5 Å². The normalized spacial score (nSPS) is 11.0. The number of hydrogen-bond donors (Lipinski definition) is 0. The van der Waals surface area contributed by atoms with Crippen LogP contribution in [0, 0.1) is 24.8 Å². The zero-order valence-electron chi connectivity index (χ0n) is 12.5. The lowest BCUT2D eigenvalue weighted by Gasteiger charge is -2.07. The van der Waals surface area contributed by atoms with E-state index in [1.165, 1.54) is 11.6 Å². The van der Waals surface area contributed by atoms with Gasteiger partial charge in [-0.15, -0.1) is 0 Å². The van der Waals surface area contributed by atoms with Gasteiger partial charge < -0.3 is 8.98 Å². The van der Waals surface area contributed by atoms with Crippen molar-refractivity contribution in [1.29, 1.82) is 5.26 Å². The lowest BCUT2D eigenvalue weighted by molar-refractivity contribution is 0.568. The van der Waals surface area contributed by atoms with Crippen LogP contribution in [0.2, 0.25) is 0 Å². The zero-order valence-corrected chi connectivity index (χ0v) is 12.5. The van der Waals surface area contributed by atoms with Gasteiger partial charge in [0, 0.05) is 11.9 Å². The molecule has 0 fully saturated rings. The van der Waals surface area contributed by atoms with Gasteiger partial charge >= 0.3 is 0 Å². The smallest absolute Gasteiger partial charge is 0.265 e. The van der Waals surface area contributed by atoms with Gasteiger partial charge in [0.1, 0.15) is 5.76 Å². The summed E-state index contributed by atoms with van der Waals surface area (Å²) < 4.78 is 7.79. The molecule has 0 aliphatic carbocycles. The molecule has 0 aliphatic rings. The summed E-state index contributed by atoms with van der Waals surface area (Å²) in [7, 11) is 0. The van der Waals surface area contributed by atoms with E-state index >= 15 is 0 Å². The molecule has 0 bridgehead atoms. The third-order valence-electron chi connectivity index (χ3n) is 3.45. The third kappa shape index (κ3) is 2.92. The van der Waals surface area contributed by atoms with Crippen LogP contribution in [0.1, 0.15) is 11.3 Å². The SMILES string of the molecule is [C-]#[N+]/C(C#N)=C\c1ccc(-c2cccn2-c2ccc(C)cc2)o1. The van der Waals surface area contributed by atoms with Crippen molar-refractivity contribution in [3.63, 3.8) is 0 Å². The molecule has 0 saturated carbocycles. The van der Waals surface area contributed by atoms with Gasteiger partial charge in [-0.2, -0.15) is 0 Å². The number of hydrogen-bond acceptors (Lipinski definition) is 2. The number of allylic oxidation sites excluding steroid dienone is 1. The van der Waals surface area contributed by atoms with E-state index in [2.05, 4.69) is 36.0 Å². The first-order chi connectivity index (χ1) is 11.2. The molecule has 110 valence electrons. The molecule has 3 rings (SSSR count). The van der Waals surface area contributed by atoms with E-state index in [1.54, 1.807) is 6.07 Å². The average Bonchev–Trinajstić information content (AvgIpc) is 3.22. The molecule has 3 aromatic rings. The Hall–Kier alpha value is -3.50. The van der Waals surface area contributed by atoms with Gasteiger partial charge in [0.15, 0.2) is 5.76 Å². The highest BCUT2D eigenvalue weighted by Crippen LogP contribution is 2.27. The van der Waals surface area contributed by atoms with Gasteiger partial charge in [-0.05, 0) is 49.4 Å². The molecule has 4 nitrogen and oxygen atoms in total. The number of benzene rings is 1. The molecule has 1 aromatic carbocycles. The molecular weight excluding hydrogens is 286 g/mol. The van der Waals surface area contributed by atoms with Crippen molar-refractivity contribution >= 4 is 6.08 Å². The topological polar surface area (TPSA) is 46.2 Å². The quantitative estimate of drug-likeness (QED) is 0.513. The number of nitrogens with zero attached hydrogens (tertiary/aromatic N) is 3. The van der Waals surface area contributed by atoms with Crippen LogP contribution in [-0.4, -0.2) is 4.57 Å². The fourth-order valence-electron chi connectivity index (χ4n) is 2.30. The van der Waals surface area contributed by atoms with Crippen molar-refractivity contribution in [2.24, 2.45) is 0 Å². The summed E-state index contributed by atoms with van der Waals surface area (Å²) in [6, 6.07) is 17.6. The van der Waals surface area contributed by atoms with Crippen molar-refractivity contribution in [2.75, 3.05) is 0 Å². The van der Waals surface area contributed by atoms with Crippen molar-refractivity contribution < 1.29 is 4.42 Å². The van der Waals surface area contributed by atoms with Crippen LogP contribution in [0.3, 0.4) is 0 Å². The molecule has 0 spiro atoms. The monoisotopic (exact) mass is 299 g/mol. The van der Waals surface area contributed by atoms with Crippen LogP contribution in [0.5, 0.6) is 0 Å². The van der Waals surface area contributed by atoms with Gasteiger partial charge in [-0.3, -0.25) is 0 Å². The maximum absolute atomic E-state index is 8.82. The zero-order chi connectivity index (χ0) is 16.2. The summed E-state index contributed by atoms with van der Waals surface area (Å²) in [6.07, 6.45) is 3.41. The third-order valence-corrected chi connectivity index (χ3v) is 3.45. The molecular formula is C19H13N3O. The molecule has 0 N–H and O–H groups in total. The number of aromatic nitrogens is 1. The van der Waals surface area contributed by atoms with Gasteiger partial charge in [0.2, 0.25) is 0 Å². The van der Waals surface area contributed by atoms with E-state index in [4.69, 9.17) is 16.3 Å². The minimum absolute atomic E-state index is 0.000169. The Labute approximate surface area is 134 Å². The standard InChI is InChI=1S/C19H13N3O/c1-14-5-7-16(8-6-14)22-11-3-4-18(22)19-10-9-17(23-19)12-15(13-20)21-2/h3-12H,1H3/b15-12-. The molecule has 0 amide bonds. The van der Waals surface area contributed by atoms with Crippen LogP contribution in [-0.2, 0) is 0 Å². The van der Waals surface area contributed by atoms with Crippen LogP contribution in [0.25, 0.3) is 28.1 Å². The Morgan fingerprint density at radius 2 is 2.00 bits per heavy atom. The van der Waals surface area contributed by atoms with Crippen LogP contribution in [0.4, 0.5) is 0 Å². The summed E-state index contributed by atoms with van der Waals surface area (Å²) >= 11 is 0. The molecule has 23 heavy (non-hydrogen) atoms. The van der Waals surface area contributed by atoms with Crippen molar-refractivity contribution in [2.45, 2.75) is 6.92 Å². The minimum atomic E-state index is -0.000169. The summed E-state index contributed by atoms with van der Waals surface area (Å²) in [6.45, 7) is 8.96. The van der Waals surface area contributed by atoms with E-state index in [-0.39, 0.29) is 5.70 Å². The van der Waals surface area contributed by atoms with E-state index in [1.807, 2.05) is 35.0 Å². The highest BCUT2D eigenvalue weighted by molar-refractivity contribution is 5.62. The second kappa shape index (κ2) is 6.09. The van der Waals surface area contributed by atoms with Crippen LogP contribution >= 0.6 is 0 Å². The van der Waals surface area contributed by atoms with Crippen LogP contribution < -0.4 is 0 Å². The van der Waals surface area contributed by atoms with Crippen molar-refractivity contribution in [3.05, 3.63) is 83.2 Å². The average molecular weight is 299 g/mol. The Balaban J connectivity index is 1.99. The number of furan rings is 1. The summed E-state index contributed by atoms with van der Waals surface area (Å²) in [5.74, 6) is 1.17. The van der Waals surface area contributed by atoms with E-state index in [0.717, 1.165) is 11.4 Å². The van der Waals surface area contributed by atoms with Gasteiger partial charge in [0.05, 0.1) is 18.3 Å². The predicted molar refractivity (Wildman–Crippen MR) is 88.4 cm³/mol. The van der Waals surface area contributed by atoms with Gasteiger partial charge in [0.25, 0.3) is 5.70 Å². The highest BCUT2D eigenvalue weighted by Gasteiger charge is 2.10. The second-order valence-electron chi connectivity index (χ2n) is 5.05. The fraction of sp³-hybridized carbons (Fsp3) is 0.0526. The Morgan fingerprint density at radius 3 is 2.70 bits per heavy atom. The predicted octanol–water partition coefficient (Wildman–Crippen LogP) is 4.83. The molecule has 2 aromatic heterocycles. The fourth-order valence-corrected chi connectivity index (χ4v) is 2.30. The molecule has 0 atom stereocenters. The summed E-state index contributed by atoms with van der Waals surface area (Å²) in [4.78, 5) is 3.13. The molecule has 4 heteroatoms. The lowest BCUT2D eigenvalue weighted by atomic mass is 10.2. The van der Waals surface area contributed by atoms with E-state index in [9.17, 15) is 0 Å². The second-order valence-corrected chi connectivity index (χ2v) is 5.05. The number of nitriles is 1. The van der Waals surface area contributed by atoms with Crippen molar-refractivity contribution in [1.82, 2.24) is 4.57 Å². The maximum atomic E-state index is 8.82. The minimum Gasteiger partial charge on any atom is -0.456 e. The van der Waals surface area contributed by atoms with E-state index < -0.39 is 0 Å². The Kier molecular flexibility index (Phi) is 3.82. The first kappa shape index (κ1) is 14.4. The first-order valence-electron chi connectivity index (χ1n) is 7.05. The number of rotatable bonds is 3. The van der Waals surface area contributed by atoms with Gasteiger partial charge in [-0.25, -0.2) is 10.1 Å². The highest BCUT2D eigenvalue weighted by atomic mass is 16.3. The molecule has 2 heterocycles. The Bertz CT molecular complexity index is 928. The largest absolute Gasteiger partial charge is 0.456 e. The molecule has 0 saturated heterocycles. The molecule has 0 aliphatic heterocycles. The maximum Gasteiger partial charge on any atom is 0.265 e. The summed E-state index contributed by atoms with van der Waals surface area (Å²) in [5.41, 5.74) is 3.16. The molecule has 0 radical (unpaired) electrons.